The summed E-state index contributed by atoms with van der Waals surface area (Å²) < 4.78 is 38.5. The second-order valence-corrected chi connectivity index (χ2v) is 10.1. The van der Waals surface area contributed by atoms with E-state index >= 15 is 0 Å². The molecule has 0 amide bonds. The molecule has 2 aromatic carbocycles. The van der Waals surface area contributed by atoms with E-state index in [9.17, 15) is 18.0 Å². The molecular formula is C25H32N2O6S. The summed E-state index contributed by atoms with van der Waals surface area (Å²) in [7, 11) is -2.24. The summed E-state index contributed by atoms with van der Waals surface area (Å²) in [6.45, 7) is 7.14. The molecule has 0 N–H and O–H groups in total. The summed E-state index contributed by atoms with van der Waals surface area (Å²) in [5, 5.41) is 0. The minimum atomic E-state index is -3.74. The van der Waals surface area contributed by atoms with Gasteiger partial charge in [0.25, 0.3) is 0 Å². The van der Waals surface area contributed by atoms with Crippen molar-refractivity contribution in [1.82, 2.24) is 4.31 Å². The van der Waals surface area contributed by atoms with Crippen molar-refractivity contribution in [2.24, 2.45) is 0 Å². The summed E-state index contributed by atoms with van der Waals surface area (Å²) in [5.41, 5.74) is 1.90. The number of esters is 1. The Labute approximate surface area is 201 Å². The number of nitrogens with zero attached hydrogens (tertiary/aromatic N) is 2. The number of rotatable bonds is 10. The van der Waals surface area contributed by atoms with Gasteiger partial charge in [-0.25, -0.2) is 13.2 Å². The van der Waals surface area contributed by atoms with E-state index in [0.717, 1.165) is 25.9 Å². The zero-order valence-corrected chi connectivity index (χ0v) is 21.0. The van der Waals surface area contributed by atoms with Crippen LogP contribution in [0.5, 0.6) is 5.75 Å². The van der Waals surface area contributed by atoms with Crippen LogP contribution in [0.15, 0.2) is 41.3 Å². The summed E-state index contributed by atoms with van der Waals surface area (Å²) in [6.07, 6.45) is 2.01. The number of hydrogen-bond donors (Lipinski definition) is 0. The highest BCUT2D eigenvalue weighted by Crippen LogP contribution is 2.30. The van der Waals surface area contributed by atoms with Crippen LogP contribution in [0.3, 0.4) is 0 Å². The summed E-state index contributed by atoms with van der Waals surface area (Å²) in [6, 6.07) is 9.60. The Kier molecular flexibility index (Phi) is 8.33. The molecule has 1 saturated heterocycles. The van der Waals surface area contributed by atoms with Gasteiger partial charge in [-0.1, -0.05) is 13.8 Å². The van der Waals surface area contributed by atoms with Gasteiger partial charge in [-0.2, -0.15) is 4.31 Å². The highest BCUT2D eigenvalue weighted by atomic mass is 32.2. The van der Waals surface area contributed by atoms with Gasteiger partial charge in [0.15, 0.2) is 5.78 Å². The molecule has 0 unspecified atom stereocenters. The molecule has 3 rings (SSSR count). The van der Waals surface area contributed by atoms with Gasteiger partial charge in [0.1, 0.15) is 12.4 Å². The molecule has 2 aromatic rings. The van der Waals surface area contributed by atoms with Gasteiger partial charge >= 0.3 is 5.97 Å². The van der Waals surface area contributed by atoms with Crippen LogP contribution >= 0.6 is 0 Å². The fraction of sp³-hybridized carbons (Fsp3) is 0.440. The number of carbonyl (C=O) groups excluding carboxylic acids is 2. The van der Waals surface area contributed by atoms with E-state index in [2.05, 4.69) is 4.90 Å². The Morgan fingerprint density at radius 2 is 1.71 bits per heavy atom. The van der Waals surface area contributed by atoms with Crippen LogP contribution in [-0.4, -0.2) is 57.8 Å². The highest BCUT2D eigenvalue weighted by Gasteiger charge is 2.27. The summed E-state index contributed by atoms with van der Waals surface area (Å²) >= 11 is 0. The Balaban J connectivity index is 1.95. The lowest BCUT2D eigenvalue weighted by atomic mass is 10.1. The molecule has 0 saturated carbocycles. The normalized spacial score (nSPS) is 13.9. The molecule has 0 aliphatic carbocycles. The maximum atomic E-state index is 13.2. The van der Waals surface area contributed by atoms with Crippen molar-refractivity contribution in [3.63, 3.8) is 0 Å². The van der Waals surface area contributed by atoms with Crippen molar-refractivity contribution in [2.45, 2.75) is 45.1 Å². The summed E-state index contributed by atoms with van der Waals surface area (Å²) in [4.78, 5) is 27.1. The summed E-state index contributed by atoms with van der Waals surface area (Å²) in [5.74, 6) is -0.245. The molecule has 0 atom stereocenters. The lowest BCUT2D eigenvalue weighted by Crippen LogP contribution is -2.31. The van der Waals surface area contributed by atoms with Crippen molar-refractivity contribution < 1.29 is 27.5 Å². The molecule has 1 fully saturated rings. The van der Waals surface area contributed by atoms with Gasteiger partial charge in [0, 0.05) is 37.3 Å². The molecule has 1 heterocycles. The molecule has 0 spiro atoms. The van der Waals surface area contributed by atoms with Crippen molar-refractivity contribution in [2.75, 3.05) is 38.2 Å². The SMILES string of the molecule is CCN(CC)S(=O)(=O)c1ccc(N2CCCC2)c(C(=O)OCc2cc(C(C)=O)ccc2OC)c1. The third-order valence-electron chi connectivity index (χ3n) is 6.02. The van der Waals surface area contributed by atoms with Crippen molar-refractivity contribution in [3.05, 3.63) is 53.1 Å². The Morgan fingerprint density at radius 3 is 2.29 bits per heavy atom. The number of carbonyl (C=O) groups is 2. The molecule has 0 aromatic heterocycles. The third kappa shape index (κ3) is 5.42. The van der Waals surface area contributed by atoms with Crippen LogP contribution < -0.4 is 9.64 Å². The number of methoxy groups -OCH3 is 1. The minimum absolute atomic E-state index is 0.0576. The van der Waals surface area contributed by atoms with E-state index in [1.165, 1.54) is 24.4 Å². The number of hydrogen-bond acceptors (Lipinski definition) is 7. The molecule has 8 nitrogen and oxygen atoms in total. The third-order valence-corrected chi connectivity index (χ3v) is 8.07. The smallest absolute Gasteiger partial charge is 0.340 e. The molecule has 1 aliphatic rings. The van der Waals surface area contributed by atoms with E-state index in [1.54, 1.807) is 44.2 Å². The van der Waals surface area contributed by atoms with Crippen LogP contribution in [0.2, 0.25) is 0 Å². The van der Waals surface area contributed by atoms with E-state index < -0.39 is 16.0 Å². The van der Waals surface area contributed by atoms with Crippen LogP contribution in [0, 0.1) is 0 Å². The van der Waals surface area contributed by atoms with Gasteiger partial charge in [0.05, 0.1) is 23.3 Å². The predicted octanol–water partition coefficient (Wildman–Crippen LogP) is 3.89. The first-order valence-electron chi connectivity index (χ1n) is 11.5. The standard InChI is InChI=1S/C25H32N2O6S/c1-5-27(6-2)34(30,31)21-10-11-23(26-13-7-8-14-26)22(16-21)25(29)33-17-20-15-19(18(3)28)9-12-24(20)32-4/h9-12,15-16H,5-8,13-14,17H2,1-4H3. The van der Waals surface area contributed by atoms with Crippen molar-refractivity contribution in [3.8, 4) is 5.75 Å². The molecule has 34 heavy (non-hydrogen) atoms. The van der Waals surface area contributed by atoms with E-state index in [-0.39, 0.29) is 22.8 Å². The second-order valence-electron chi connectivity index (χ2n) is 8.12. The number of ether oxygens (including phenoxy) is 2. The molecule has 0 bridgehead atoms. The largest absolute Gasteiger partial charge is 0.496 e. The van der Waals surface area contributed by atoms with Gasteiger partial charge in [0.2, 0.25) is 10.0 Å². The van der Waals surface area contributed by atoms with Crippen molar-refractivity contribution >= 4 is 27.5 Å². The number of Topliss-reactive ketones (excluding diaryl/α,β-unsaturated/α-hetero) is 1. The Morgan fingerprint density at radius 1 is 1.03 bits per heavy atom. The fourth-order valence-electron chi connectivity index (χ4n) is 4.12. The molecule has 0 radical (unpaired) electrons. The Bertz CT molecular complexity index is 1150. The van der Waals surface area contributed by atoms with E-state index in [1.807, 2.05) is 0 Å². The molecule has 9 heteroatoms. The van der Waals surface area contributed by atoms with Crippen LogP contribution in [0.25, 0.3) is 0 Å². The topological polar surface area (TPSA) is 93.2 Å². The minimum Gasteiger partial charge on any atom is -0.496 e. The van der Waals surface area contributed by atoms with Gasteiger partial charge < -0.3 is 14.4 Å². The first-order valence-corrected chi connectivity index (χ1v) is 12.9. The quantitative estimate of drug-likeness (QED) is 0.370. The maximum absolute atomic E-state index is 13.2. The van der Waals surface area contributed by atoms with E-state index in [4.69, 9.17) is 9.47 Å². The predicted molar refractivity (Wildman–Crippen MR) is 130 cm³/mol. The number of benzene rings is 2. The second kappa shape index (κ2) is 11.0. The average molecular weight is 489 g/mol. The fourth-order valence-corrected chi connectivity index (χ4v) is 5.60. The lowest BCUT2D eigenvalue weighted by molar-refractivity contribution is 0.0470. The first kappa shape index (κ1) is 25.7. The number of anilines is 1. The van der Waals surface area contributed by atoms with Crippen LogP contribution in [0.1, 0.15) is 59.9 Å². The highest BCUT2D eigenvalue weighted by molar-refractivity contribution is 7.89. The zero-order chi connectivity index (χ0) is 24.9. The maximum Gasteiger partial charge on any atom is 0.340 e. The number of sulfonamides is 1. The first-order chi connectivity index (χ1) is 16.2. The molecule has 1 aliphatic heterocycles. The van der Waals surface area contributed by atoms with E-state index in [0.29, 0.717) is 35.7 Å². The Hall–Kier alpha value is -2.91. The monoisotopic (exact) mass is 488 g/mol. The van der Waals surface area contributed by atoms with Gasteiger partial charge in [-0.3, -0.25) is 4.79 Å². The van der Waals surface area contributed by atoms with Gasteiger partial charge in [-0.15, -0.1) is 0 Å². The zero-order valence-electron chi connectivity index (χ0n) is 20.2. The lowest BCUT2D eigenvalue weighted by Gasteiger charge is -2.23. The van der Waals surface area contributed by atoms with Crippen LogP contribution in [-0.2, 0) is 21.4 Å². The molecule has 184 valence electrons. The van der Waals surface area contributed by atoms with Gasteiger partial charge in [-0.05, 0) is 56.2 Å². The average Bonchev–Trinajstić information content (AvgIpc) is 3.37. The van der Waals surface area contributed by atoms with Crippen molar-refractivity contribution in [1.29, 1.82) is 0 Å². The number of ketones is 1. The van der Waals surface area contributed by atoms with Crippen LogP contribution in [0.4, 0.5) is 5.69 Å². The molecular weight excluding hydrogens is 456 g/mol.